The summed E-state index contributed by atoms with van der Waals surface area (Å²) in [5.41, 5.74) is 2.54. The fraction of sp³-hybridized carbons (Fsp3) is 0.222. The van der Waals surface area contributed by atoms with E-state index in [2.05, 4.69) is 41.7 Å². The summed E-state index contributed by atoms with van der Waals surface area (Å²) in [4.78, 5) is 0. The maximum atomic E-state index is 4.20. The molecule has 0 aromatic carbocycles. The molecule has 0 atom stereocenters. The Labute approximate surface area is 85.6 Å². The fourth-order valence-corrected chi connectivity index (χ4v) is 1.96. The highest BCUT2D eigenvalue weighted by Crippen LogP contribution is 2.17. The van der Waals surface area contributed by atoms with Gasteiger partial charge in [-0.25, -0.2) is 4.68 Å². The lowest BCUT2D eigenvalue weighted by atomic mass is 10.2. The third-order valence-electron chi connectivity index (χ3n) is 2.23. The largest absolute Gasteiger partial charge is 0.443 e. The molecule has 2 aromatic rings. The summed E-state index contributed by atoms with van der Waals surface area (Å²) in [5.74, 6) is 1.10. The first-order chi connectivity index (χ1) is 6.20. The average molecular weight is 187 g/mol. The molecule has 2 radical (unpaired) electrons. The zero-order valence-corrected chi connectivity index (χ0v) is 8.88. The van der Waals surface area contributed by atoms with Gasteiger partial charge in [-0.1, -0.05) is 0 Å². The van der Waals surface area contributed by atoms with Gasteiger partial charge in [0.2, 0.25) is 0 Å². The number of hydrogen-bond donors (Lipinski definition) is 0. The summed E-state index contributed by atoms with van der Waals surface area (Å²) < 4.78 is 3.88. The molecule has 4 heteroatoms. The van der Waals surface area contributed by atoms with Crippen LogP contribution in [0.2, 0.25) is 0 Å². The molecule has 0 fully saturated rings. The van der Waals surface area contributed by atoms with Gasteiger partial charge in [-0.15, -0.1) is 0 Å². The van der Waals surface area contributed by atoms with Crippen LogP contribution in [0.5, 0.6) is 0 Å². The second-order valence-corrected chi connectivity index (χ2v) is 3.67. The highest BCUT2D eigenvalue weighted by molar-refractivity contribution is 6.08. The number of aromatic nitrogens is 3. The molecule has 0 amide bonds. The van der Waals surface area contributed by atoms with E-state index in [1.54, 1.807) is 6.20 Å². The summed E-state index contributed by atoms with van der Waals surface area (Å²) in [7, 11) is 0. The molecule has 0 aliphatic rings. The van der Waals surface area contributed by atoms with Gasteiger partial charge in [0.1, 0.15) is 5.82 Å². The van der Waals surface area contributed by atoms with E-state index in [9.17, 15) is 0 Å². The maximum absolute atomic E-state index is 4.20. The van der Waals surface area contributed by atoms with E-state index >= 15 is 0 Å². The average Bonchev–Trinajstić information content (AvgIpc) is 2.63. The minimum Gasteiger partial charge on any atom is -0.443 e. The molecule has 0 saturated heterocycles. The van der Waals surface area contributed by atoms with E-state index in [4.69, 9.17) is 0 Å². The lowest BCUT2D eigenvalue weighted by molar-refractivity contribution is 0.833. The van der Waals surface area contributed by atoms with Gasteiger partial charge < -0.3 is 3.55 Å². The lowest BCUT2D eigenvalue weighted by Gasteiger charge is -2.05. The van der Waals surface area contributed by atoms with E-state index in [-0.39, 0.29) is 0 Å². The fourth-order valence-electron chi connectivity index (χ4n) is 1.42. The Hall–Kier alpha value is -0.978. The molecule has 0 N–H and O–H groups in total. The molecule has 64 valence electrons. The van der Waals surface area contributed by atoms with Crippen molar-refractivity contribution in [1.29, 1.82) is 0 Å². The molecule has 2 rings (SSSR count). The Morgan fingerprint density at radius 2 is 2.15 bits per heavy atom. The van der Waals surface area contributed by atoms with Crippen molar-refractivity contribution in [3.63, 3.8) is 0 Å². The Kier molecular flexibility index (Phi) is 2.03. The highest BCUT2D eigenvalue weighted by Gasteiger charge is 2.07. The third kappa shape index (κ3) is 1.33. The second-order valence-electron chi connectivity index (χ2n) is 3.12. The highest BCUT2D eigenvalue weighted by atomic mass is 27.1. The first-order valence-corrected chi connectivity index (χ1v) is 4.65. The van der Waals surface area contributed by atoms with Crippen LogP contribution in [0.25, 0.3) is 5.82 Å². The Morgan fingerprint density at radius 3 is 2.62 bits per heavy atom. The van der Waals surface area contributed by atoms with E-state index in [0.29, 0.717) is 0 Å². The predicted molar refractivity (Wildman–Crippen MR) is 52.2 cm³/mol. The van der Waals surface area contributed by atoms with Gasteiger partial charge in [0.05, 0.1) is 0 Å². The van der Waals surface area contributed by atoms with Gasteiger partial charge in [-0.05, 0) is 37.2 Å². The van der Waals surface area contributed by atoms with Crippen molar-refractivity contribution < 1.29 is 0 Å². The van der Waals surface area contributed by atoms with Gasteiger partial charge in [-0.2, -0.15) is 5.10 Å². The zero-order chi connectivity index (χ0) is 9.42. The number of rotatable bonds is 1. The van der Waals surface area contributed by atoms with Crippen LogP contribution in [0.1, 0.15) is 11.1 Å². The smallest absolute Gasteiger partial charge is 0.319 e. The maximum Gasteiger partial charge on any atom is 0.319 e. The molecule has 0 saturated carbocycles. The topological polar surface area (TPSA) is 22.8 Å². The van der Waals surface area contributed by atoms with Crippen LogP contribution >= 0.6 is 0 Å². The zero-order valence-electron chi connectivity index (χ0n) is 7.73. The van der Waals surface area contributed by atoms with Gasteiger partial charge in [0.25, 0.3) is 0 Å². The molecule has 0 aliphatic heterocycles. The molecule has 3 nitrogen and oxygen atoms in total. The van der Waals surface area contributed by atoms with Crippen LogP contribution in [0, 0.1) is 13.8 Å². The minimum absolute atomic E-state index is 1.10. The summed E-state index contributed by atoms with van der Waals surface area (Å²) in [6, 6.07) is 1.92. The number of aryl methyl sites for hydroxylation is 1. The van der Waals surface area contributed by atoms with Crippen LogP contribution in [0.4, 0.5) is 0 Å². The van der Waals surface area contributed by atoms with Crippen LogP contribution in [0.3, 0.4) is 0 Å². The molecule has 0 aliphatic carbocycles. The Balaban J connectivity index is 2.64. The molecule has 2 aromatic heterocycles. The Morgan fingerprint density at radius 1 is 1.38 bits per heavy atom. The molecule has 0 spiro atoms. The molecule has 2 heterocycles. The van der Waals surface area contributed by atoms with Crippen molar-refractivity contribution in [1.82, 2.24) is 13.3 Å². The lowest BCUT2D eigenvalue weighted by Crippen LogP contribution is -2.04. The SMILES string of the molecule is Cc1c[n]([Al])c(-n2cccn2)c1C. The van der Waals surface area contributed by atoms with Gasteiger partial charge in [-0.3, -0.25) is 0 Å². The predicted octanol–water partition coefficient (Wildman–Crippen LogP) is 1.22. The molecule has 0 bridgehead atoms. The van der Waals surface area contributed by atoms with E-state index < -0.39 is 0 Å². The summed E-state index contributed by atoms with van der Waals surface area (Å²) in [6.07, 6.45) is 5.81. The van der Waals surface area contributed by atoms with Crippen molar-refractivity contribution in [3.05, 3.63) is 35.8 Å². The molecule has 13 heavy (non-hydrogen) atoms. The summed E-state index contributed by atoms with van der Waals surface area (Å²) >= 11 is 2.66. The minimum atomic E-state index is 1.10. The van der Waals surface area contributed by atoms with Crippen LogP contribution in [-0.4, -0.2) is 29.8 Å². The normalized spacial score (nSPS) is 10.6. The third-order valence-corrected chi connectivity index (χ3v) is 2.62. The first-order valence-electron chi connectivity index (χ1n) is 4.14. The number of hydrogen-bond acceptors (Lipinski definition) is 1. The van der Waals surface area contributed by atoms with Crippen LogP contribution in [0.15, 0.2) is 24.7 Å². The van der Waals surface area contributed by atoms with Crippen molar-refractivity contribution >= 4 is 16.5 Å². The van der Waals surface area contributed by atoms with Crippen LogP contribution in [-0.2, 0) is 0 Å². The molecular weight excluding hydrogens is 177 g/mol. The molecular formula is C9H10AlN3. The monoisotopic (exact) mass is 187 g/mol. The first kappa shape index (κ1) is 8.61. The van der Waals surface area contributed by atoms with E-state index in [0.717, 1.165) is 5.82 Å². The quantitative estimate of drug-likeness (QED) is 0.615. The summed E-state index contributed by atoms with van der Waals surface area (Å²) in [5, 5.41) is 4.20. The van der Waals surface area contributed by atoms with E-state index in [1.807, 2.05) is 20.5 Å². The van der Waals surface area contributed by atoms with E-state index in [1.165, 1.54) is 11.1 Å². The second kappa shape index (κ2) is 3.06. The van der Waals surface area contributed by atoms with Crippen LogP contribution < -0.4 is 0 Å². The van der Waals surface area contributed by atoms with Gasteiger partial charge in [0, 0.05) is 12.4 Å². The summed E-state index contributed by atoms with van der Waals surface area (Å²) in [6.45, 7) is 4.20. The Bertz CT molecular complexity index is 414. The molecule has 0 unspecified atom stereocenters. The van der Waals surface area contributed by atoms with Gasteiger partial charge in [0.15, 0.2) is 0 Å². The standard InChI is InChI=1S/C9H10N3.Al/c1-7-6-10-9(8(7)2)12-5-3-4-11-12;/h3-6H,1-2H3;/q-1;+1. The van der Waals surface area contributed by atoms with Gasteiger partial charge >= 0.3 is 16.5 Å². The number of nitrogens with zero attached hydrogens (tertiary/aromatic N) is 3. The van der Waals surface area contributed by atoms with Crippen molar-refractivity contribution in [2.45, 2.75) is 13.8 Å². The van der Waals surface area contributed by atoms with Crippen molar-refractivity contribution in [2.24, 2.45) is 0 Å². The van der Waals surface area contributed by atoms with Crippen molar-refractivity contribution in [3.8, 4) is 5.82 Å². The van der Waals surface area contributed by atoms with Crippen molar-refractivity contribution in [2.75, 3.05) is 0 Å².